The Labute approximate surface area is 450 Å². The van der Waals surface area contributed by atoms with Crippen LogP contribution >= 0.6 is 15.8 Å². The average molecular weight is 1050 g/mol. The van der Waals surface area contributed by atoms with Crippen molar-refractivity contribution in [3.8, 4) is 23.0 Å². The van der Waals surface area contributed by atoms with E-state index in [0.29, 0.717) is 0 Å². The molecule has 8 aromatic carbocycles. The minimum atomic E-state index is -0.815. The molecule has 0 heterocycles. The Morgan fingerprint density at radius 1 is 0.438 bits per heavy atom. The SMILES string of the molecule is COc1c(C)cc(P(c2cc(C)c(OC)c(C)c2)[c-]2[cH-][cH-][cH-][c-]2C(c2ccccc2)N(C)C)cc1C.COc1c(C)cc(P(c2cc(C)c(OC)c(C)c2)[c-]2cccc2C(c2ccccc2)N(C)C)cc1C.[Fe]. The van der Waals surface area contributed by atoms with E-state index < -0.39 is 15.8 Å². The average Bonchev–Trinajstić information content (AvgIpc) is 4.00. The molecule has 8 rings (SSSR count). The van der Waals surface area contributed by atoms with Crippen molar-refractivity contribution in [2.45, 2.75) is 67.5 Å². The number of rotatable bonds is 16. The Morgan fingerprint density at radius 2 is 0.795 bits per heavy atom. The second kappa shape index (κ2) is 25.2. The normalized spacial score (nSPS) is 12.1. The fourth-order valence-corrected chi connectivity index (χ4v) is 16.5. The Kier molecular flexibility index (Phi) is 19.6. The van der Waals surface area contributed by atoms with Crippen LogP contribution in [0.5, 0.6) is 23.0 Å². The van der Waals surface area contributed by atoms with E-state index in [1.807, 2.05) is 0 Å². The van der Waals surface area contributed by atoms with Crippen molar-refractivity contribution in [3.05, 3.63) is 212 Å². The van der Waals surface area contributed by atoms with Crippen molar-refractivity contribution in [3.63, 3.8) is 0 Å². The zero-order chi connectivity index (χ0) is 52.0. The summed E-state index contributed by atoms with van der Waals surface area (Å²) < 4.78 is 22.8. The molecule has 0 aliphatic carbocycles. The van der Waals surface area contributed by atoms with Crippen LogP contribution in [0, 0.1) is 55.4 Å². The summed E-state index contributed by atoms with van der Waals surface area (Å²) in [7, 11) is 14.1. The van der Waals surface area contributed by atoms with Gasteiger partial charge in [0.15, 0.2) is 0 Å². The van der Waals surface area contributed by atoms with Gasteiger partial charge in [-0.1, -0.05) is 109 Å². The molecule has 0 bridgehead atoms. The number of ether oxygens (including phenoxy) is 4. The molecular formula is C64H74FeN2O4P2-6. The molecule has 0 spiro atoms. The largest absolute Gasteiger partial charge is 0.747 e. The summed E-state index contributed by atoms with van der Waals surface area (Å²) in [6.07, 6.45) is 0. The van der Waals surface area contributed by atoms with Crippen LogP contribution in [0.3, 0.4) is 0 Å². The Balaban J connectivity index is 0.000000235. The van der Waals surface area contributed by atoms with Crippen molar-refractivity contribution in [1.82, 2.24) is 9.80 Å². The molecule has 388 valence electrons. The van der Waals surface area contributed by atoms with Gasteiger partial charge in [-0.3, -0.25) is 0 Å². The molecule has 0 N–H and O–H groups in total. The summed E-state index contributed by atoms with van der Waals surface area (Å²) in [6.45, 7) is 17.2. The summed E-state index contributed by atoms with van der Waals surface area (Å²) in [6, 6.07) is 54.1. The third-order valence-electron chi connectivity index (χ3n) is 13.6. The zero-order valence-electron chi connectivity index (χ0n) is 45.8. The van der Waals surface area contributed by atoms with E-state index in [9.17, 15) is 0 Å². The van der Waals surface area contributed by atoms with Gasteiger partial charge in [-0.2, -0.15) is 6.07 Å². The van der Waals surface area contributed by atoms with Gasteiger partial charge in [0.1, 0.15) is 23.0 Å². The second-order valence-electron chi connectivity index (χ2n) is 19.4. The van der Waals surface area contributed by atoms with Crippen molar-refractivity contribution in [1.29, 1.82) is 0 Å². The first-order valence-corrected chi connectivity index (χ1v) is 27.4. The predicted molar refractivity (Wildman–Crippen MR) is 310 cm³/mol. The van der Waals surface area contributed by atoms with Crippen LogP contribution in [0.2, 0.25) is 0 Å². The molecule has 0 amide bonds. The molecule has 0 saturated heterocycles. The van der Waals surface area contributed by atoms with Gasteiger partial charge in [0, 0.05) is 23.1 Å². The van der Waals surface area contributed by atoms with E-state index in [1.165, 1.54) is 98.6 Å². The van der Waals surface area contributed by atoms with Gasteiger partial charge >= 0.3 is 0 Å². The predicted octanol–water partition coefficient (Wildman–Crippen LogP) is 12.1. The first-order chi connectivity index (χ1) is 34.5. The van der Waals surface area contributed by atoms with E-state index in [4.69, 9.17) is 18.9 Å². The third-order valence-corrected chi connectivity index (χ3v) is 18.5. The maximum Gasteiger partial charge on any atom is 0.124 e. The molecule has 0 saturated carbocycles. The van der Waals surface area contributed by atoms with E-state index in [-0.39, 0.29) is 29.2 Å². The maximum atomic E-state index is 5.71. The van der Waals surface area contributed by atoms with Crippen molar-refractivity contribution in [2.75, 3.05) is 56.6 Å². The minimum Gasteiger partial charge on any atom is -0.747 e. The number of hydrogen-bond acceptors (Lipinski definition) is 6. The Hall–Kier alpha value is -5.48. The zero-order valence-corrected chi connectivity index (χ0v) is 48.7. The summed E-state index contributed by atoms with van der Waals surface area (Å²) >= 11 is 0. The Morgan fingerprint density at radius 3 is 1.14 bits per heavy atom. The van der Waals surface area contributed by atoms with Gasteiger partial charge in [0.2, 0.25) is 0 Å². The summed E-state index contributed by atoms with van der Waals surface area (Å²) in [4.78, 5) is 4.63. The van der Waals surface area contributed by atoms with Crippen molar-refractivity contribution < 1.29 is 36.0 Å². The van der Waals surface area contributed by atoms with Crippen LogP contribution in [0.1, 0.15) is 78.8 Å². The fraction of sp³-hybridized carbons (Fsp3) is 0.281. The van der Waals surface area contributed by atoms with Gasteiger partial charge in [-0.15, -0.1) is 16.9 Å². The Bertz CT molecular complexity index is 2680. The van der Waals surface area contributed by atoms with Crippen molar-refractivity contribution in [2.24, 2.45) is 0 Å². The van der Waals surface area contributed by atoms with E-state index in [2.05, 4.69) is 239 Å². The van der Waals surface area contributed by atoms with Gasteiger partial charge in [-0.05, 0) is 169 Å². The van der Waals surface area contributed by atoms with Crippen LogP contribution < -0.4 is 50.8 Å². The van der Waals surface area contributed by atoms with E-state index in [1.54, 1.807) is 28.4 Å². The molecule has 0 aromatic heterocycles. The molecule has 0 fully saturated rings. The first kappa shape index (κ1) is 56.8. The molecule has 0 aliphatic heterocycles. The molecule has 73 heavy (non-hydrogen) atoms. The maximum absolute atomic E-state index is 5.71. The number of hydrogen-bond donors (Lipinski definition) is 0. The topological polar surface area (TPSA) is 43.4 Å². The minimum absolute atomic E-state index is 0. The molecule has 2 atom stereocenters. The molecule has 6 nitrogen and oxygen atoms in total. The summed E-state index contributed by atoms with van der Waals surface area (Å²) in [5, 5.41) is 8.12. The van der Waals surface area contributed by atoms with Crippen LogP contribution in [0.15, 0.2) is 146 Å². The molecule has 9 heteroatoms. The second-order valence-corrected chi connectivity index (χ2v) is 23.8. The molecular weight excluding hydrogens is 979 g/mol. The van der Waals surface area contributed by atoms with Crippen LogP contribution in [-0.2, 0) is 17.1 Å². The van der Waals surface area contributed by atoms with E-state index >= 15 is 0 Å². The van der Waals surface area contributed by atoms with Crippen molar-refractivity contribution >= 4 is 47.7 Å². The van der Waals surface area contributed by atoms with Crippen LogP contribution in [0.25, 0.3) is 0 Å². The monoisotopic (exact) mass is 1050 g/mol. The number of nitrogens with zero attached hydrogens (tertiary/aromatic N) is 2. The molecule has 0 radical (unpaired) electrons. The standard InChI is InChI=1S/2C32H37NO2P.Fe/c2*1-21-17-26(18-22(2)31(21)34-7)36(27-19-23(3)32(35-8)24(4)20-27)29-16-12-15-28(29)30(33(5)6)25-13-10-9-11-14-25;/h2*9-20,30H,1-8H3;/q-5;-1;. The fourth-order valence-electron chi connectivity index (χ4n) is 10.9. The van der Waals surface area contributed by atoms with Gasteiger partial charge in [-0.25, -0.2) is 20.1 Å². The molecule has 2 unspecified atom stereocenters. The summed E-state index contributed by atoms with van der Waals surface area (Å²) in [5.74, 6) is 3.87. The van der Waals surface area contributed by atoms with E-state index in [0.717, 1.165) is 23.0 Å². The summed E-state index contributed by atoms with van der Waals surface area (Å²) in [5.41, 5.74) is 14.7. The smallest absolute Gasteiger partial charge is 0.124 e. The van der Waals surface area contributed by atoms with Crippen LogP contribution in [0.4, 0.5) is 0 Å². The first-order valence-electron chi connectivity index (χ1n) is 24.7. The van der Waals surface area contributed by atoms with Crippen LogP contribution in [-0.4, -0.2) is 66.4 Å². The molecule has 8 aromatic rings. The van der Waals surface area contributed by atoms with Gasteiger partial charge < -0.3 is 57.8 Å². The number of aryl methyl sites for hydroxylation is 8. The van der Waals surface area contributed by atoms with Gasteiger partial charge in [0.05, 0.1) is 28.4 Å². The third kappa shape index (κ3) is 12.2. The molecule has 0 aliphatic rings. The number of methoxy groups -OCH3 is 4. The quantitative estimate of drug-likeness (QED) is 0.0546. The number of benzene rings is 6. The van der Waals surface area contributed by atoms with Gasteiger partial charge in [0.25, 0.3) is 0 Å².